The molecule has 6 heteroatoms. The molecule has 0 radical (unpaired) electrons. The highest BCUT2D eigenvalue weighted by molar-refractivity contribution is 5.83. The number of imidazole rings is 2. The number of H-pyrrole nitrogens is 2. The summed E-state index contributed by atoms with van der Waals surface area (Å²) in [6, 6.07) is 12.5. The Labute approximate surface area is 112 Å². The predicted octanol–water partition coefficient (Wildman–Crippen LogP) is 1.90. The van der Waals surface area contributed by atoms with E-state index in [9.17, 15) is 9.90 Å². The highest BCUT2D eigenvalue weighted by atomic mass is 16.3. The number of rotatable bonds is 1. The lowest BCUT2D eigenvalue weighted by Crippen LogP contribution is -2.15. The summed E-state index contributed by atoms with van der Waals surface area (Å²) in [4.78, 5) is 22.2. The maximum Gasteiger partial charge on any atom is 0.333 e. The fourth-order valence-electron chi connectivity index (χ4n) is 2.37. The maximum absolute atomic E-state index is 12.1. The number of phenolic OH excluding ortho intramolecular Hbond substituents is 1. The first-order valence-corrected chi connectivity index (χ1v) is 6.12. The van der Waals surface area contributed by atoms with Crippen molar-refractivity contribution in [3.8, 4) is 11.7 Å². The molecule has 2 aromatic carbocycles. The summed E-state index contributed by atoms with van der Waals surface area (Å²) in [6.07, 6.45) is 0. The average molecular weight is 266 g/mol. The summed E-state index contributed by atoms with van der Waals surface area (Å²) < 4.78 is 1.41. The summed E-state index contributed by atoms with van der Waals surface area (Å²) >= 11 is 0. The van der Waals surface area contributed by atoms with Crippen molar-refractivity contribution in [2.24, 2.45) is 0 Å². The van der Waals surface area contributed by atoms with Crippen LogP contribution in [0.25, 0.3) is 28.0 Å². The van der Waals surface area contributed by atoms with Gasteiger partial charge in [0.1, 0.15) is 11.3 Å². The fourth-order valence-corrected chi connectivity index (χ4v) is 2.37. The number of aromatic nitrogens is 4. The predicted molar refractivity (Wildman–Crippen MR) is 75.2 cm³/mol. The molecule has 2 aromatic heterocycles. The van der Waals surface area contributed by atoms with Crippen LogP contribution >= 0.6 is 0 Å². The monoisotopic (exact) mass is 266 g/mol. The molecule has 0 spiro atoms. The lowest BCUT2D eigenvalue weighted by atomic mass is 10.3. The van der Waals surface area contributed by atoms with Gasteiger partial charge in [0.25, 0.3) is 0 Å². The molecular weight excluding hydrogens is 256 g/mol. The van der Waals surface area contributed by atoms with Crippen molar-refractivity contribution in [1.29, 1.82) is 0 Å². The Morgan fingerprint density at radius 1 is 1.05 bits per heavy atom. The van der Waals surface area contributed by atoms with Crippen LogP contribution in [0, 0.1) is 0 Å². The number of nitrogens with zero attached hydrogens (tertiary/aromatic N) is 2. The Bertz CT molecular complexity index is 960. The summed E-state index contributed by atoms with van der Waals surface area (Å²) in [7, 11) is 0. The first-order chi connectivity index (χ1) is 9.74. The van der Waals surface area contributed by atoms with Crippen LogP contribution in [0.2, 0.25) is 0 Å². The number of para-hydroxylation sites is 3. The van der Waals surface area contributed by atoms with Crippen molar-refractivity contribution in [2.75, 3.05) is 0 Å². The second-order valence-electron chi connectivity index (χ2n) is 4.51. The van der Waals surface area contributed by atoms with Crippen molar-refractivity contribution in [3.05, 3.63) is 52.9 Å². The number of hydrogen-bond acceptors (Lipinski definition) is 3. The molecule has 0 aliphatic rings. The zero-order valence-electron chi connectivity index (χ0n) is 10.3. The minimum Gasteiger partial charge on any atom is -0.506 e. The van der Waals surface area contributed by atoms with Gasteiger partial charge >= 0.3 is 5.69 Å². The first kappa shape index (κ1) is 10.9. The molecule has 0 saturated carbocycles. The van der Waals surface area contributed by atoms with Crippen LogP contribution in [0.5, 0.6) is 5.75 Å². The molecule has 4 rings (SSSR count). The number of aromatic hydroxyl groups is 1. The molecule has 0 saturated heterocycles. The van der Waals surface area contributed by atoms with Gasteiger partial charge in [-0.15, -0.1) is 0 Å². The Morgan fingerprint density at radius 2 is 1.90 bits per heavy atom. The molecule has 3 N–H and O–H groups in total. The molecular formula is C14H10N4O2. The normalized spacial score (nSPS) is 11.4. The van der Waals surface area contributed by atoms with E-state index in [1.807, 2.05) is 24.3 Å². The van der Waals surface area contributed by atoms with Crippen LogP contribution in [-0.2, 0) is 0 Å². The fraction of sp³-hybridized carbons (Fsp3) is 0. The van der Waals surface area contributed by atoms with Gasteiger partial charge in [-0.3, -0.25) is 0 Å². The van der Waals surface area contributed by atoms with E-state index in [2.05, 4.69) is 15.0 Å². The molecule has 0 fully saturated rings. The summed E-state index contributed by atoms with van der Waals surface area (Å²) in [5.41, 5.74) is 2.26. The van der Waals surface area contributed by atoms with Crippen molar-refractivity contribution in [1.82, 2.24) is 19.5 Å². The molecule has 0 aliphatic heterocycles. The Hall–Kier alpha value is -3.02. The van der Waals surface area contributed by atoms with E-state index in [4.69, 9.17) is 0 Å². The van der Waals surface area contributed by atoms with E-state index in [1.165, 1.54) is 10.6 Å². The van der Waals surface area contributed by atoms with Gasteiger partial charge in [-0.25, -0.2) is 14.3 Å². The topological polar surface area (TPSA) is 86.7 Å². The molecule has 6 nitrogen and oxygen atoms in total. The van der Waals surface area contributed by atoms with E-state index < -0.39 is 0 Å². The van der Waals surface area contributed by atoms with Crippen LogP contribution < -0.4 is 5.69 Å². The van der Waals surface area contributed by atoms with Crippen LogP contribution in [0.15, 0.2) is 47.3 Å². The Kier molecular flexibility index (Phi) is 2.03. The van der Waals surface area contributed by atoms with E-state index in [-0.39, 0.29) is 11.4 Å². The third kappa shape index (κ3) is 1.38. The zero-order valence-corrected chi connectivity index (χ0v) is 10.3. The number of phenols is 1. The number of nitrogens with one attached hydrogen (secondary N) is 2. The number of hydrogen-bond donors (Lipinski definition) is 3. The zero-order chi connectivity index (χ0) is 13.7. The smallest absolute Gasteiger partial charge is 0.333 e. The van der Waals surface area contributed by atoms with Crippen molar-refractivity contribution in [3.63, 3.8) is 0 Å². The second-order valence-corrected chi connectivity index (χ2v) is 4.51. The minimum atomic E-state index is -0.347. The largest absolute Gasteiger partial charge is 0.506 e. The lowest BCUT2D eigenvalue weighted by Gasteiger charge is -1.98. The first-order valence-electron chi connectivity index (χ1n) is 6.12. The second kappa shape index (κ2) is 3.74. The highest BCUT2D eigenvalue weighted by Crippen LogP contribution is 2.23. The van der Waals surface area contributed by atoms with Crippen LogP contribution in [0.1, 0.15) is 0 Å². The minimum absolute atomic E-state index is 0.0365. The van der Waals surface area contributed by atoms with Crippen molar-refractivity contribution >= 4 is 22.1 Å². The molecule has 4 aromatic rings. The molecule has 98 valence electrons. The highest BCUT2D eigenvalue weighted by Gasteiger charge is 2.13. The molecule has 0 bridgehead atoms. The van der Waals surface area contributed by atoms with Gasteiger partial charge in [0, 0.05) is 0 Å². The van der Waals surface area contributed by atoms with Crippen molar-refractivity contribution < 1.29 is 5.11 Å². The Balaban J connectivity index is 2.09. The number of fused-ring (bicyclic) bond motifs is 2. The average Bonchev–Trinajstić information content (AvgIpc) is 2.99. The van der Waals surface area contributed by atoms with Gasteiger partial charge in [0.15, 0.2) is 0 Å². The molecule has 0 atom stereocenters. The van der Waals surface area contributed by atoms with Gasteiger partial charge in [0.2, 0.25) is 5.95 Å². The van der Waals surface area contributed by atoms with Crippen LogP contribution in [0.3, 0.4) is 0 Å². The third-order valence-electron chi connectivity index (χ3n) is 3.29. The van der Waals surface area contributed by atoms with E-state index >= 15 is 0 Å². The summed E-state index contributed by atoms with van der Waals surface area (Å²) in [6.45, 7) is 0. The lowest BCUT2D eigenvalue weighted by molar-refractivity contribution is 0.480. The van der Waals surface area contributed by atoms with Gasteiger partial charge < -0.3 is 15.1 Å². The molecule has 0 unspecified atom stereocenters. The molecule has 20 heavy (non-hydrogen) atoms. The summed E-state index contributed by atoms with van der Waals surface area (Å²) in [5, 5.41) is 9.78. The van der Waals surface area contributed by atoms with Crippen LogP contribution in [0.4, 0.5) is 0 Å². The van der Waals surface area contributed by atoms with Gasteiger partial charge in [-0.1, -0.05) is 18.2 Å². The van der Waals surface area contributed by atoms with E-state index in [0.717, 1.165) is 11.0 Å². The number of benzene rings is 2. The summed E-state index contributed by atoms with van der Waals surface area (Å²) in [5.74, 6) is 0.461. The number of aromatic amines is 2. The molecule has 0 amide bonds. The molecule has 2 heterocycles. The van der Waals surface area contributed by atoms with E-state index in [1.54, 1.807) is 12.1 Å². The molecule has 0 aliphatic carbocycles. The van der Waals surface area contributed by atoms with Gasteiger partial charge in [-0.05, 0) is 24.3 Å². The maximum atomic E-state index is 12.1. The Morgan fingerprint density at radius 3 is 2.75 bits per heavy atom. The SMILES string of the molecule is O=c1[nH]c2c(O)cccc2n1-c1nc2ccccc2[nH]1. The van der Waals surface area contributed by atoms with Gasteiger partial charge in [-0.2, -0.15) is 0 Å². The quantitative estimate of drug-likeness (QED) is 0.491. The standard InChI is InChI=1S/C14H10N4O2/c19-11-7-3-6-10-12(11)17-14(20)18(10)13-15-8-4-1-2-5-9(8)16-13/h1-7,19H,(H,15,16)(H,17,20). The van der Waals surface area contributed by atoms with Crippen molar-refractivity contribution in [2.45, 2.75) is 0 Å². The van der Waals surface area contributed by atoms with Crippen LogP contribution in [-0.4, -0.2) is 24.6 Å². The third-order valence-corrected chi connectivity index (χ3v) is 3.29. The van der Waals surface area contributed by atoms with E-state index in [0.29, 0.717) is 17.0 Å². The van der Waals surface area contributed by atoms with Gasteiger partial charge in [0.05, 0.1) is 16.6 Å².